The predicted molar refractivity (Wildman–Crippen MR) is 169 cm³/mol. The lowest BCUT2D eigenvalue weighted by atomic mass is 9.78. The van der Waals surface area contributed by atoms with Crippen molar-refractivity contribution >= 4 is 75.7 Å². The summed E-state index contributed by atoms with van der Waals surface area (Å²) in [6.07, 6.45) is -1.62. The second-order valence-corrected chi connectivity index (χ2v) is 13.3. The molecule has 0 bridgehead atoms. The van der Waals surface area contributed by atoms with Crippen molar-refractivity contribution in [3.05, 3.63) is 83.2 Å². The van der Waals surface area contributed by atoms with Crippen LogP contribution in [0.25, 0.3) is 0 Å². The van der Waals surface area contributed by atoms with E-state index in [2.05, 4.69) is 90.7 Å². The van der Waals surface area contributed by atoms with Crippen LogP contribution in [-0.2, 0) is 30.9 Å². The van der Waals surface area contributed by atoms with E-state index in [-0.39, 0.29) is 37.4 Å². The van der Waals surface area contributed by atoms with Gasteiger partial charge in [-0.2, -0.15) is 0 Å². The van der Waals surface area contributed by atoms with Crippen LogP contribution in [0.2, 0.25) is 0 Å². The van der Waals surface area contributed by atoms with Gasteiger partial charge in [-0.15, -0.1) is 0 Å². The van der Waals surface area contributed by atoms with E-state index in [4.69, 9.17) is 14.2 Å². The second-order valence-electron chi connectivity index (χ2n) is 9.89. The fourth-order valence-corrected chi connectivity index (χ4v) is 6.42. The Labute approximate surface area is 268 Å². The molecule has 2 aromatic rings. The Morgan fingerprint density at radius 1 is 0.775 bits per heavy atom. The maximum Gasteiger partial charge on any atom is 0.333 e. The largest absolute Gasteiger partial charge is 0.488 e. The highest BCUT2D eigenvalue weighted by Gasteiger charge is 2.28. The van der Waals surface area contributed by atoms with Crippen LogP contribution in [-0.4, -0.2) is 54.2 Å². The van der Waals surface area contributed by atoms with Gasteiger partial charge >= 0.3 is 11.9 Å². The molecule has 0 aliphatic heterocycles. The molecule has 0 heterocycles. The first-order valence-electron chi connectivity index (χ1n) is 12.2. The highest BCUT2D eigenvalue weighted by atomic mass is 79.9. The molecule has 2 rings (SSSR count). The minimum atomic E-state index is -1.01. The van der Waals surface area contributed by atoms with Crippen molar-refractivity contribution in [2.75, 3.05) is 19.8 Å². The average Bonchev–Trinajstić information content (AvgIpc) is 2.86. The molecule has 0 amide bonds. The van der Waals surface area contributed by atoms with Gasteiger partial charge in [0.05, 0.1) is 15.0 Å². The number of aliphatic hydroxyl groups excluding tert-OH is 2. The molecule has 2 unspecified atom stereocenters. The van der Waals surface area contributed by atoms with Crippen LogP contribution in [0, 0.1) is 0 Å². The summed E-state index contributed by atoms with van der Waals surface area (Å²) in [5.41, 5.74) is 2.91. The molecule has 0 aliphatic carbocycles. The van der Waals surface area contributed by atoms with Gasteiger partial charge in [0.15, 0.2) is 0 Å². The van der Waals surface area contributed by atoms with Gasteiger partial charge in [0.2, 0.25) is 0 Å². The molecule has 2 N–H and O–H groups in total. The van der Waals surface area contributed by atoms with Gasteiger partial charge in [-0.25, -0.2) is 9.59 Å². The van der Waals surface area contributed by atoms with Crippen LogP contribution in [0.3, 0.4) is 0 Å². The third-order valence-corrected chi connectivity index (χ3v) is 8.55. The third kappa shape index (κ3) is 9.52. The van der Waals surface area contributed by atoms with Crippen molar-refractivity contribution in [1.29, 1.82) is 0 Å². The molecule has 7 nitrogen and oxygen atoms in total. The number of hydrogen-bond acceptors (Lipinski definition) is 7. The zero-order valence-corrected chi connectivity index (χ0v) is 29.0. The zero-order chi connectivity index (χ0) is 30.4. The molecule has 2 aromatic carbocycles. The van der Waals surface area contributed by atoms with Crippen molar-refractivity contribution in [3.63, 3.8) is 0 Å². The Bertz CT molecular complexity index is 1240. The average molecular weight is 812 g/mol. The summed E-state index contributed by atoms with van der Waals surface area (Å²) in [4.78, 5) is 23.2. The molecule has 0 saturated carbocycles. The van der Waals surface area contributed by atoms with Gasteiger partial charge in [0.25, 0.3) is 0 Å². The molecule has 0 radical (unpaired) electrons. The molecule has 0 spiro atoms. The fraction of sp³-hybridized carbons (Fsp3) is 0.379. The van der Waals surface area contributed by atoms with Crippen molar-refractivity contribution in [2.45, 2.75) is 51.7 Å². The molecule has 218 valence electrons. The Balaban J connectivity index is 2.18. The molecule has 11 heteroatoms. The molecule has 0 fully saturated rings. The van der Waals surface area contributed by atoms with Gasteiger partial charge in [-0.05, 0) is 86.7 Å². The van der Waals surface area contributed by atoms with E-state index in [1.807, 2.05) is 24.3 Å². The summed E-state index contributed by atoms with van der Waals surface area (Å²) < 4.78 is 18.8. The van der Waals surface area contributed by atoms with E-state index in [0.29, 0.717) is 14.7 Å². The van der Waals surface area contributed by atoms with Crippen LogP contribution in [0.1, 0.15) is 44.4 Å². The van der Waals surface area contributed by atoms with E-state index in [1.165, 1.54) is 6.92 Å². The van der Waals surface area contributed by atoms with Crippen molar-refractivity contribution in [1.82, 2.24) is 0 Å². The monoisotopic (exact) mass is 808 g/mol. The van der Waals surface area contributed by atoms with E-state index >= 15 is 0 Å². The van der Waals surface area contributed by atoms with Gasteiger partial charge in [0.1, 0.15) is 31.7 Å². The van der Waals surface area contributed by atoms with Crippen LogP contribution < -0.4 is 4.74 Å². The number of halogens is 4. The number of aliphatic hydroxyl groups is 2. The van der Waals surface area contributed by atoms with Crippen molar-refractivity contribution in [3.8, 4) is 5.75 Å². The summed E-state index contributed by atoms with van der Waals surface area (Å²) in [6, 6.07) is 7.90. The quantitative estimate of drug-likeness (QED) is 0.167. The summed E-state index contributed by atoms with van der Waals surface area (Å²) in [7, 11) is 0. The van der Waals surface area contributed by atoms with E-state index in [9.17, 15) is 19.8 Å². The first-order chi connectivity index (χ1) is 18.5. The van der Waals surface area contributed by atoms with Crippen molar-refractivity contribution < 1.29 is 34.0 Å². The van der Waals surface area contributed by atoms with Gasteiger partial charge < -0.3 is 24.4 Å². The number of ether oxygens (including phenoxy) is 3. The number of benzene rings is 2. The second kappa shape index (κ2) is 15.1. The van der Waals surface area contributed by atoms with Gasteiger partial charge in [0, 0.05) is 31.9 Å². The third-order valence-electron chi connectivity index (χ3n) is 5.95. The normalized spacial score (nSPS) is 12.8. The molecular weight excluding hydrogens is 780 g/mol. The fourth-order valence-electron chi connectivity index (χ4n) is 3.50. The molecular formula is C29H32Br4O7. The molecule has 0 saturated heterocycles. The number of esters is 2. The summed E-state index contributed by atoms with van der Waals surface area (Å²) in [5, 5.41) is 20.6. The maximum absolute atomic E-state index is 11.6. The molecule has 0 aliphatic rings. The summed E-state index contributed by atoms with van der Waals surface area (Å²) in [5.74, 6) is -0.605. The number of hydrogen-bond donors (Lipinski definition) is 2. The molecule has 40 heavy (non-hydrogen) atoms. The summed E-state index contributed by atoms with van der Waals surface area (Å²) in [6.45, 7) is 13.9. The standard InChI is InChI=1S/C29H32Br4O7/c1-15(2)27(36)39-12-19(34)11-21-22(30)7-17(8-23(21)31)29(5,6)18-9-24(32)26(25(33)10-18)38-13-20(35)14-40-28(37)16(3)4/h7-10,19-20,34-35H,1,3,11-14H2,2,4-6H3. The van der Waals surface area contributed by atoms with Crippen molar-refractivity contribution in [2.24, 2.45) is 0 Å². The predicted octanol–water partition coefficient (Wildman–Crippen LogP) is 6.94. The topological polar surface area (TPSA) is 102 Å². The van der Waals surface area contributed by atoms with Gasteiger partial charge in [-0.1, -0.05) is 58.9 Å². The Kier molecular flexibility index (Phi) is 13.1. The van der Waals surface area contributed by atoms with Crippen LogP contribution in [0.5, 0.6) is 5.75 Å². The highest BCUT2D eigenvalue weighted by Crippen LogP contribution is 2.42. The lowest BCUT2D eigenvalue weighted by Gasteiger charge is -2.29. The number of carbonyl (C=O) groups excluding carboxylic acids is 2. The number of rotatable bonds is 13. The molecule has 0 aromatic heterocycles. The first kappa shape index (κ1) is 34.7. The zero-order valence-electron chi connectivity index (χ0n) is 22.7. The maximum atomic E-state index is 11.6. The Morgan fingerprint density at radius 3 is 1.60 bits per heavy atom. The van der Waals surface area contributed by atoms with E-state index in [0.717, 1.165) is 25.6 Å². The van der Waals surface area contributed by atoms with Crippen LogP contribution >= 0.6 is 63.7 Å². The Morgan fingerprint density at radius 2 is 1.18 bits per heavy atom. The smallest absolute Gasteiger partial charge is 0.333 e. The molecule has 2 atom stereocenters. The lowest BCUT2D eigenvalue weighted by molar-refractivity contribution is -0.142. The first-order valence-corrected chi connectivity index (χ1v) is 15.3. The minimum Gasteiger partial charge on any atom is -0.488 e. The van der Waals surface area contributed by atoms with E-state index < -0.39 is 29.6 Å². The van der Waals surface area contributed by atoms with Gasteiger partial charge in [-0.3, -0.25) is 0 Å². The number of carbonyl (C=O) groups is 2. The van der Waals surface area contributed by atoms with E-state index in [1.54, 1.807) is 6.92 Å². The Hall–Kier alpha value is -1.50. The summed E-state index contributed by atoms with van der Waals surface area (Å²) >= 11 is 14.4. The SMILES string of the molecule is C=C(C)C(=O)OCC(O)COc1c(Br)cc(C(C)(C)c2cc(Br)c(CC(O)COC(=O)C(=C)C)c(Br)c2)cc1Br. The minimum absolute atomic E-state index is 0.0803. The van der Waals surface area contributed by atoms with Crippen LogP contribution in [0.15, 0.2) is 66.5 Å². The lowest BCUT2D eigenvalue weighted by Crippen LogP contribution is -2.25. The highest BCUT2D eigenvalue weighted by molar-refractivity contribution is 9.11. The van der Waals surface area contributed by atoms with Crippen LogP contribution in [0.4, 0.5) is 0 Å².